The number of halogens is 1. The number of nitrogens with zero attached hydrogens (tertiary/aromatic N) is 1. The van der Waals surface area contributed by atoms with E-state index in [0.717, 1.165) is 49.3 Å². The molecular weight excluding hydrogens is 426 g/mol. The van der Waals surface area contributed by atoms with Gasteiger partial charge in [0, 0.05) is 36.4 Å². The molecular formula is C25H30ClN3O3. The van der Waals surface area contributed by atoms with E-state index in [9.17, 15) is 9.59 Å². The Morgan fingerprint density at radius 1 is 1.09 bits per heavy atom. The molecule has 7 heteroatoms. The number of amides is 2. The van der Waals surface area contributed by atoms with E-state index in [-0.39, 0.29) is 17.7 Å². The molecule has 0 spiro atoms. The van der Waals surface area contributed by atoms with E-state index >= 15 is 0 Å². The summed E-state index contributed by atoms with van der Waals surface area (Å²) in [5.74, 6) is -0.238. The number of benzene rings is 2. The predicted molar refractivity (Wildman–Crippen MR) is 125 cm³/mol. The molecule has 0 bridgehead atoms. The number of hydrogen-bond acceptors (Lipinski definition) is 4. The molecule has 2 aromatic rings. The highest BCUT2D eigenvalue weighted by Gasteiger charge is 2.42. The van der Waals surface area contributed by atoms with Gasteiger partial charge in [0.1, 0.15) is 0 Å². The zero-order valence-corrected chi connectivity index (χ0v) is 18.9. The molecule has 2 fully saturated rings. The number of ether oxygens (including phenoxy) is 1. The van der Waals surface area contributed by atoms with Gasteiger partial charge < -0.3 is 15.8 Å². The Morgan fingerprint density at radius 2 is 1.81 bits per heavy atom. The van der Waals surface area contributed by atoms with Crippen molar-refractivity contribution in [2.24, 2.45) is 11.7 Å². The number of rotatable bonds is 6. The van der Waals surface area contributed by atoms with Crippen molar-refractivity contribution in [3.05, 3.63) is 64.7 Å². The number of primary amides is 1. The largest absolute Gasteiger partial charge is 0.381 e. The molecule has 2 aliphatic heterocycles. The van der Waals surface area contributed by atoms with Crippen molar-refractivity contribution in [2.45, 2.75) is 37.6 Å². The quantitative estimate of drug-likeness (QED) is 0.695. The molecule has 0 aromatic heterocycles. The lowest BCUT2D eigenvalue weighted by Crippen LogP contribution is -2.44. The third-order valence-electron chi connectivity index (χ3n) is 6.74. The van der Waals surface area contributed by atoms with Crippen molar-refractivity contribution < 1.29 is 14.3 Å². The standard InChI is InChI=1S/C25H30ClN3O3/c26-21-5-2-4-20(16-21)25(9-13-32-14-10-25)24(31)28-22-6-1-3-18(15-22)17-29-11-7-19(8-12-29)23(27)30/h1-6,15-16,19H,7-14,17H2,(H2,27,30)(H,28,31). The van der Waals surface area contributed by atoms with Crippen LogP contribution < -0.4 is 11.1 Å². The lowest BCUT2D eigenvalue weighted by molar-refractivity contribution is -0.125. The molecule has 2 saturated heterocycles. The number of nitrogens with one attached hydrogen (secondary N) is 1. The monoisotopic (exact) mass is 455 g/mol. The van der Waals surface area contributed by atoms with Crippen molar-refractivity contribution in [1.29, 1.82) is 0 Å². The SMILES string of the molecule is NC(=O)C1CCN(Cc2cccc(NC(=O)C3(c4cccc(Cl)c4)CCOCC3)c2)CC1. The molecule has 2 aromatic carbocycles. The molecule has 32 heavy (non-hydrogen) atoms. The van der Waals surface area contributed by atoms with Gasteiger partial charge in [-0.3, -0.25) is 14.5 Å². The van der Waals surface area contributed by atoms with Gasteiger partial charge in [-0.2, -0.15) is 0 Å². The molecule has 0 unspecified atom stereocenters. The van der Waals surface area contributed by atoms with Gasteiger partial charge in [-0.15, -0.1) is 0 Å². The highest BCUT2D eigenvalue weighted by Crippen LogP contribution is 2.37. The molecule has 3 N–H and O–H groups in total. The molecule has 2 amide bonds. The van der Waals surface area contributed by atoms with Gasteiger partial charge >= 0.3 is 0 Å². The summed E-state index contributed by atoms with van der Waals surface area (Å²) in [5, 5.41) is 3.78. The van der Waals surface area contributed by atoms with Crippen LogP contribution >= 0.6 is 11.6 Å². The Kier molecular flexibility index (Phi) is 7.13. The first-order chi connectivity index (χ1) is 15.5. The van der Waals surface area contributed by atoms with Gasteiger partial charge in [-0.05, 0) is 74.2 Å². The highest BCUT2D eigenvalue weighted by molar-refractivity contribution is 6.30. The third kappa shape index (κ3) is 5.14. The summed E-state index contributed by atoms with van der Waals surface area (Å²) < 4.78 is 5.56. The average Bonchev–Trinajstić information content (AvgIpc) is 2.80. The minimum atomic E-state index is -0.657. The summed E-state index contributed by atoms with van der Waals surface area (Å²) in [5.41, 5.74) is 7.63. The zero-order valence-electron chi connectivity index (χ0n) is 18.2. The van der Waals surface area contributed by atoms with Crippen LogP contribution in [0.4, 0.5) is 5.69 Å². The zero-order chi connectivity index (χ0) is 22.6. The van der Waals surface area contributed by atoms with Gasteiger partial charge in [0.15, 0.2) is 0 Å². The Bertz CT molecular complexity index is 966. The molecule has 0 saturated carbocycles. The van der Waals surface area contributed by atoms with Crippen LogP contribution in [0.25, 0.3) is 0 Å². The first-order valence-corrected chi connectivity index (χ1v) is 11.6. The number of carbonyl (C=O) groups excluding carboxylic acids is 2. The Labute approximate surface area is 194 Å². The fourth-order valence-corrected chi connectivity index (χ4v) is 4.98. The summed E-state index contributed by atoms with van der Waals surface area (Å²) in [6, 6.07) is 15.6. The van der Waals surface area contributed by atoms with E-state index in [1.165, 1.54) is 0 Å². The van der Waals surface area contributed by atoms with Crippen LogP contribution in [0.15, 0.2) is 48.5 Å². The smallest absolute Gasteiger partial charge is 0.235 e. The first kappa shape index (κ1) is 22.8. The maximum absolute atomic E-state index is 13.5. The van der Waals surface area contributed by atoms with Gasteiger partial charge in [0.25, 0.3) is 0 Å². The maximum Gasteiger partial charge on any atom is 0.235 e. The molecule has 0 aliphatic carbocycles. The minimum Gasteiger partial charge on any atom is -0.381 e. The normalized spacial score (nSPS) is 19.4. The van der Waals surface area contributed by atoms with Crippen molar-refractivity contribution in [1.82, 2.24) is 4.90 Å². The Morgan fingerprint density at radius 3 is 2.50 bits per heavy atom. The van der Waals surface area contributed by atoms with Crippen LogP contribution in [0.2, 0.25) is 5.02 Å². The number of nitrogens with two attached hydrogens (primary N) is 1. The molecule has 2 heterocycles. The van der Waals surface area contributed by atoms with Crippen LogP contribution in [0, 0.1) is 5.92 Å². The van der Waals surface area contributed by atoms with Gasteiger partial charge in [0.2, 0.25) is 11.8 Å². The Hall–Kier alpha value is -2.41. The maximum atomic E-state index is 13.5. The molecule has 2 aliphatic rings. The second-order valence-electron chi connectivity index (χ2n) is 8.81. The van der Waals surface area contributed by atoms with Crippen molar-refractivity contribution in [3.8, 4) is 0 Å². The van der Waals surface area contributed by atoms with Crippen LogP contribution in [-0.4, -0.2) is 43.0 Å². The minimum absolute atomic E-state index is 0.0148. The first-order valence-electron chi connectivity index (χ1n) is 11.2. The van der Waals surface area contributed by atoms with Gasteiger partial charge in [-0.25, -0.2) is 0 Å². The van der Waals surface area contributed by atoms with Crippen molar-refractivity contribution in [2.75, 3.05) is 31.6 Å². The molecule has 0 atom stereocenters. The van der Waals surface area contributed by atoms with Gasteiger partial charge in [0.05, 0.1) is 5.41 Å². The third-order valence-corrected chi connectivity index (χ3v) is 6.97. The number of anilines is 1. The fraction of sp³-hybridized carbons (Fsp3) is 0.440. The molecule has 4 rings (SSSR count). The highest BCUT2D eigenvalue weighted by atomic mass is 35.5. The molecule has 0 radical (unpaired) electrons. The van der Waals surface area contributed by atoms with E-state index in [1.807, 2.05) is 42.5 Å². The Balaban J connectivity index is 1.46. The summed E-state index contributed by atoms with van der Waals surface area (Å²) >= 11 is 6.24. The number of piperidine rings is 1. The predicted octanol–water partition coefficient (Wildman–Crippen LogP) is 3.72. The average molecular weight is 456 g/mol. The molecule has 170 valence electrons. The van der Waals surface area contributed by atoms with Crippen LogP contribution in [-0.2, 0) is 26.3 Å². The second-order valence-corrected chi connectivity index (χ2v) is 9.25. The lowest BCUT2D eigenvalue weighted by Gasteiger charge is -2.36. The lowest BCUT2D eigenvalue weighted by atomic mass is 9.73. The number of hydrogen-bond donors (Lipinski definition) is 2. The number of carbonyl (C=O) groups is 2. The topological polar surface area (TPSA) is 84.7 Å². The van der Waals surface area contributed by atoms with Crippen LogP contribution in [0.5, 0.6) is 0 Å². The summed E-state index contributed by atoms with van der Waals surface area (Å²) in [6.45, 7) is 3.56. The molecule has 6 nitrogen and oxygen atoms in total. The van der Waals surface area contributed by atoms with Crippen LogP contribution in [0.3, 0.4) is 0 Å². The van der Waals surface area contributed by atoms with Crippen molar-refractivity contribution >= 4 is 29.1 Å². The second kappa shape index (κ2) is 10.0. The summed E-state index contributed by atoms with van der Waals surface area (Å²) in [6.07, 6.45) is 2.84. The van der Waals surface area contributed by atoms with E-state index in [1.54, 1.807) is 0 Å². The fourth-order valence-electron chi connectivity index (χ4n) is 4.78. The van der Waals surface area contributed by atoms with E-state index < -0.39 is 5.41 Å². The number of likely N-dealkylation sites (tertiary alicyclic amines) is 1. The summed E-state index contributed by atoms with van der Waals surface area (Å²) in [4.78, 5) is 27.3. The van der Waals surface area contributed by atoms with E-state index in [2.05, 4.69) is 16.3 Å². The van der Waals surface area contributed by atoms with Gasteiger partial charge in [-0.1, -0.05) is 35.9 Å². The van der Waals surface area contributed by atoms with Crippen molar-refractivity contribution in [3.63, 3.8) is 0 Å². The van der Waals surface area contributed by atoms with E-state index in [0.29, 0.717) is 31.1 Å². The van der Waals surface area contributed by atoms with E-state index in [4.69, 9.17) is 22.1 Å². The summed E-state index contributed by atoms with van der Waals surface area (Å²) in [7, 11) is 0. The van der Waals surface area contributed by atoms with Crippen LogP contribution in [0.1, 0.15) is 36.8 Å².